The molecule has 0 N–H and O–H groups in total. The third kappa shape index (κ3) is 1.59. The van der Waals surface area contributed by atoms with Crippen LogP contribution in [0.3, 0.4) is 0 Å². The summed E-state index contributed by atoms with van der Waals surface area (Å²) in [6, 6.07) is 7.79. The Bertz CT molecular complexity index is 232. The molecule has 0 unspecified atom stereocenters. The number of carbonyl (C=O) groups is 1. The SMILES string of the molecule is C[Te]c1ccccc1C=O. The van der Waals surface area contributed by atoms with Crippen molar-refractivity contribution >= 4 is 30.8 Å². The normalized spacial score (nSPS) is 9.30. The van der Waals surface area contributed by atoms with Crippen molar-refractivity contribution in [2.75, 3.05) is 0 Å². The minimum absolute atomic E-state index is 0.109. The van der Waals surface area contributed by atoms with Crippen molar-refractivity contribution in [2.24, 2.45) is 0 Å². The van der Waals surface area contributed by atoms with Crippen molar-refractivity contribution in [1.29, 1.82) is 0 Å². The molecular formula is C8H8OTe. The van der Waals surface area contributed by atoms with E-state index >= 15 is 0 Å². The van der Waals surface area contributed by atoms with Gasteiger partial charge in [-0.25, -0.2) is 0 Å². The van der Waals surface area contributed by atoms with Crippen molar-refractivity contribution < 1.29 is 4.79 Å². The average molecular weight is 248 g/mol. The second-order valence-electron chi connectivity index (χ2n) is 1.86. The van der Waals surface area contributed by atoms with Crippen molar-refractivity contribution in [1.82, 2.24) is 0 Å². The number of carbonyl (C=O) groups excluding carboxylic acids is 1. The maximum absolute atomic E-state index is 10.4. The first-order chi connectivity index (χ1) is 4.88. The summed E-state index contributed by atoms with van der Waals surface area (Å²) in [7, 11) is 0. The van der Waals surface area contributed by atoms with Crippen LogP contribution >= 0.6 is 0 Å². The molecule has 0 spiro atoms. The van der Waals surface area contributed by atoms with E-state index in [1.54, 1.807) is 0 Å². The van der Waals surface area contributed by atoms with Gasteiger partial charge in [0.2, 0.25) is 0 Å². The molecule has 0 aromatic heterocycles. The molecule has 0 saturated heterocycles. The zero-order valence-electron chi connectivity index (χ0n) is 5.70. The quantitative estimate of drug-likeness (QED) is 0.560. The van der Waals surface area contributed by atoms with Crippen LogP contribution in [-0.2, 0) is 0 Å². The summed E-state index contributed by atoms with van der Waals surface area (Å²) in [4.78, 5) is 12.6. The predicted octanol–water partition coefficient (Wildman–Crippen LogP) is 0.877. The van der Waals surface area contributed by atoms with Gasteiger partial charge in [0.15, 0.2) is 0 Å². The van der Waals surface area contributed by atoms with E-state index in [9.17, 15) is 4.79 Å². The van der Waals surface area contributed by atoms with Gasteiger partial charge in [-0.15, -0.1) is 0 Å². The summed E-state index contributed by atoms with van der Waals surface area (Å²) in [6.45, 7) is 0. The van der Waals surface area contributed by atoms with Gasteiger partial charge < -0.3 is 0 Å². The topological polar surface area (TPSA) is 17.1 Å². The molecule has 2 heteroatoms. The Kier molecular flexibility index (Phi) is 2.92. The molecule has 1 nitrogen and oxygen atoms in total. The molecule has 0 amide bonds. The summed E-state index contributed by atoms with van der Waals surface area (Å²) in [5, 5.41) is 0. The van der Waals surface area contributed by atoms with E-state index in [2.05, 4.69) is 4.97 Å². The Hall–Kier alpha value is -0.320. The number of hydrogen-bond donors (Lipinski definition) is 0. The van der Waals surface area contributed by atoms with Crippen molar-refractivity contribution in [3.63, 3.8) is 0 Å². The fraction of sp³-hybridized carbons (Fsp3) is 0.125. The molecular weight excluding hydrogens is 240 g/mol. The van der Waals surface area contributed by atoms with Crippen molar-refractivity contribution in [3.8, 4) is 0 Å². The van der Waals surface area contributed by atoms with Gasteiger partial charge >= 0.3 is 70.4 Å². The van der Waals surface area contributed by atoms with Crippen LogP contribution in [0.1, 0.15) is 10.4 Å². The molecule has 0 heterocycles. The Morgan fingerprint density at radius 1 is 1.40 bits per heavy atom. The van der Waals surface area contributed by atoms with Gasteiger partial charge in [-0.3, -0.25) is 0 Å². The number of benzene rings is 1. The molecule has 0 aliphatic carbocycles. The van der Waals surface area contributed by atoms with E-state index < -0.39 is 0 Å². The summed E-state index contributed by atoms with van der Waals surface area (Å²) in [5.41, 5.74) is 0.868. The Morgan fingerprint density at radius 3 is 2.60 bits per heavy atom. The number of hydrogen-bond acceptors (Lipinski definition) is 1. The monoisotopic (exact) mass is 250 g/mol. The summed E-state index contributed by atoms with van der Waals surface area (Å²) < 4.78 is 1.25. The Balaban J connectivity index is 3.08. The van der Waals surface area contributed by atoms with Gasteiger partial charge in [-0.2, -0.15) is 0 Å². The maximum atomic E-state index is 10.4. The first-order valence-corrected chi connectivity index (χ1v) is 6.46. The van der Waals surface area contributed by atoms with E-state index in [0.717, 1.165) is 11.8 Å². The molecule has 0 saturated carbocycles. The molecule has 0 fully saturated rings. The first-order valence-electron chi connectivity index (χ1n) is 2.96. The first kappa shape index (κ1) is 7.78. The molecule has 10 heavy (non-hydrogen) atoms. The molecule has 1 aromatic rings. The Morgan fingerprint density at radius 2 is 2.10 bits per heavy atom. The van der Waals surface area contributed by atoms with Gasteiger partial charge in [0.05, 0.1) is 0 Å². The van der Waals surface area contributed by atoms with Gasteiger partial charge in [0.25, 0.3) is 0 Å². The number of aldehydes is 1. The van der Waals surface area contributed by atoms with Crippen molar-refractivity contribution in [2.45, 2.75) is 4.97 Å². The molecule has 1 aromatic carbocycles. The molecule has 0 radical (unpaired) electrons. The van der Waals surface area contributed by atoms with Crippen molar-refractivity contribution in [3.05, 3.63) is 29.8 Å². The van der Waals surface area contributed by atoms with E-state index in [1.165, 1.54) is 3.61 Å². The fourth-order valence-corrected chi connectivity index (χ4v) is 2.38. The average Bonchev–Trinajstić information content (AvgIpc) is 2.04. The molecule has 0 bridgehead atoms. The van der Waals surface area contributed by atoms with Crippen LogP contribution in [0.2, 0.25) is 4.97 Å². The second-order valence-corrected chi connectivity index (χ2v) is 4.28. The minimum atomic E-state index is -0.109. The van der Waals surface area contributed by atoms with Crippen LogP contribution < -0.4 is 3.61 Å². The summed E-state index contributed by atoms with van der Waals surface area (Å²) >= 11 is -0.109. The summed E-state index contributed by atoms with van der Waals surface area (Å²) in [6.07, 6.45) is 0.934. The van der Waals surface area contributed by atoms with Crippen LogP contribution in [0.5, 0.6) is 0 Å². The third-order valence-electron chi connectivity index (χ3n) is 1.27. The molecule has 0 aliphatic rings. The van der Waals surface area contributed by atoms with E-state index in [-0.39, 0.29) is 20.9 Å². The van der Waals surface area contributed by atoms with Gasteiger partial charge in [-0.05, 0) is 0 Å². The number of rotatable bonds is 2. The summed E-state index contributed by atoms with van der Waals surface area (Å²) in [5.74, 6) is 0. The van der Waals surface area contributed by atoms with E-state index in [0.29, 0.717) is 0 Å². The molecule has 0 aliphatic heterocycles. The predicted molar refractivity (Wildman–Crippen MR) is 43.1 cm³/mol. The third-order valence-corrected chi connectivity index (χ3v) is 3.58. The van der Waals surface area contributed by atoms with Crippen LogP contribution in [0.25, 0.3) is 0 Å². The zero-order valence-corrected chi connectivity index (χ0v) is 8.03. The van der Waals surface area contributed by atoms with E-state index in [4.69, 9.17) is 0 Å². The van der Waals surface area contributed by atoms with Crippen LogP contribution in [-0.4, -0.2) is 27.2 Å². The van der Waals surface area contributed by atoms with E-state index in [1.807, 2.05) is 24.3 Å². The molecule has 1 rings (SSSR count). The van der Waals surface area contributed by atoms with Gasteiger partial charge in [0.1, 0.15) is 0 Å². The van der Waals surface area contributed by atoms with Crippen LogP contribution in [0.4, 0.5) is 0 Å². The molecule has 52 valence electrons. The fourth-order valence-electron chi connectivity index (χ4n) is 0.764. The standard InChI is InChI=1S/C8H8OTe/c1-10-8-5-3-2-4-7(8)6-9/h2-6H,1H3. The zero-order chi connectivity index (χ0) is 7.40. The van der Waals surface area contributed by atoms with Crippen LogP contribution in [0, 0.1) is 0 Å². The Labute approximate surface area is 70.5 Å². The second kappa shape index (κ2) is 3.75. The van der Waals surface area contributed by atoms with Gasteiger partial charge in [0, 0.05) is 0 Å². The molecule has 0 atom stereocenters. The van der Waals surface area contributed by atoms with Gasteiger partial charge in [-0.1, -0.05) is 0 Å². The van der Waals surface area contributed by atoms with Crippen LogP contribution in [0.15, 0.2) is 24.3 Å².